The number of anilines is 1. The van der Waals surface area contributed by atoms with E-state index in [2.05, 4.69) is 16.0 Å². The van der Waals surface area contributed by atoms with Crippen molar-refractivity contribution in [3.63, 3.8) is 0 Å². The molecule has 2 fully saturated rings. The molecule has 132 valence electrons. The maximum Gasteiger partial charge on any atom is 0.253 e. The first-order valence-corrected chi connectivity index (χ1v) is 8.50. The van der Waals surface area contributed by atoms with Crippen LogP contribution >= 0.6 is 24.0 Å². The Kier molecular flexibility index (Phi) is 6.49. The van der Waals surface area contributed by atoms with Crippen LogP contribution in [0.3, 0.4) is 0 Å². The zero-order valence-corrected chi connectivity index (χ0v) is 15.2. The van der Waals surface area contributed by atoms with Crippen molar-refractivity contribution in [2.45, 2.75) is 44.2 Å². The number of hydrogen-bond donors (Lipinski definition) is 3. The lowest BCUT2D eigenvalue weighted by molar-refractivity contribution is -0.117. The van der Waals surface area contributed by atoms with Crippen molar-refractivity contribution in [3.8, 4) is 0 Å². The van der Waals surface area contributed by atoms with E-state index in [1.165, 1.54) is 12.8 Å². The first kappa shape index (κ1) is 19.0. The molecule has 2 saturated heterocycles. The first-order valence-electron chi connectivity index (χ1n) is 8.12. The van der Waals surface area contributed by atoms with E-state index in [9.17, 15) is 9.59 Å². The minimum Gasteiger partial charge on any atom is -0.355 e. The van der Waals surface area contributed by atoms with Crippen LogP contribution in [0.25, 0.3) is 0 Å². The monoisotopic (exact) mass is 371 g/mol. The van der Waals surface area contributed by atoms with Gasteiger partial charge in [0, 0.05) is 30.6 Å². The molecule has 0 spiro atoms. The van der Waals surface area contributed by atoms with E-state index in [1.807, 2.05) is 0 Å². The fourth-order valence-electron chi connectivity index (χ4n) is 3.75. The van der Waals surface area contributed by atoms with Gasteiger partial charge in [0.1, 0.15) is 0 Å². The standard InChI is InChI=1S/C17H22ClN3O2.ClH/c1-19-17(23)14-9-11(18)2-5-15(14)21-16(22)8-10-6-12-3-4-13(7-10)20-12;/h2,5,9-10,12-13,20H,3-4,6-8H2,1H3,(H,19,23)(H,21,22);1H. The van der Waals surface area contributed by atoms with Gasteiger partial charge in [-0.3, -0.25) is 9.59 Å². The van der Waals surface area contributed by atoms with E-state index in [0.29, 0.717) is 40.7 Å². The molecule has 0 saturated carbocycles. The van der Waals surface area contributed by atoms with Gasteiger partial charge in [-0.2, -0.15) is 0 Å². The van der Waals surface area contributed by atoms with Crippen LogP contribution in [0.2, 0.25) is 5.02 Å². The molecular weight excluding hydrogens is 349 g/mol. The molecule has 0 aliphatic carbocycles. The average molecular weight is 372 g/mol. The maximum atomic E-state index is 12.4. The van der Waals surface area contributed by atoms with Crippen molar-refractivity contribution in [1.29, 1.82) is 0 Å². The molecule has 1 aromatic carbocycles. The first-order chi connectivity index (χ1) is 11.0. The van der Waals surface area contributed by atoms with Crippen molar-refractivity contribution in [2.24, 2.45) is 5.92 Å². The molecule has 2 bridgehead atoms. The number of halogens is 2. The highest BCUT2D eigenvalue weighted by atomic mass is 35.5. The zero-order chi connectivity index (χ0) is 16.4. The van der Waals surface area contributed by atoms with Gasteiger partial charge in [-0.15, -0.1) is 12.4 Å². The Hall–Kier alpha value is -1.30. The second kappa shape index (κ2) is 8.19. The van der Waals surface area contributed by atoms with Crippen molar-refractivity contribution >= 4 is 41.5 Å². The van der Waals surface area contributed by atoms with E-state index in [0.717, 1.165) is 12.8 Å². The quantitative estimate of drug-likeness (QED) is 0.761. The molecule has 2 heterocycles. The van der Waals surface area contributed by atoms with Crippen LogP contribution in [-0.4, -0.2) is 30.9 Å². The van der Waals surface area contributed by atoms with E-state index >= 15 is 0 Å². The molecule has 7 heteroatoms. The van der Waals surface area contributed by atoms with Crippen LogP contribution in [0.5, 0.6) is 0 Å². The number of hydrogen-bond acceptors (Lipinski definition) is 3. The van der Waals surface area contributed by atoms with Gasteiger partial charge in [0.15, 0.2) is 0 Å². The Labute approximate surface area is 153 Å². The Bertz CT molecular complexity index is 612. The van der Waals surface area contributed by atoms with Gasteiger partial charge < -0.3 is 16.0 Å². The highest BCUT2D eigenvalue weighted by molar-refractivity contribution is 6.31. The second-order valence-corrected chi connectivity index (χ2v) is 6.93. The van der Waals surface area contributed by atoms with Gasteiger partial charge in [0.25, 0.3) is 5.91 Å². The van der Waals surface area contributed by atoms with Gasteiger partial charge in [0.05, 0.1) is 11.3 Å². The molecule has 2 amide bonds. The molecule has 0 radical (unpaired) electrons. The van der Waals surface area contributed by atoms with E-state index in [-0.39, 0.29) is 24.2 Å². The van der Waals surface area contributed by atoms with Crippen LogP contribution < -0.4 is 16.0 Å². The predicted molar refractivity (Wildman–Crippen MR) is 98.0 cm³/mol. The van der Waals surface area contributed by atoms with Crippen molar-refractivity contribution in [1.82, 2.24) is 10.6 Å². The molecule has 2 aliphatic rings. The summed E-state index contributed by atoms with van der Waals surface area (Å²) in [7, 11) is 1.56. The number of carbonyl (C=O) groups excluding carboxylic acids is 2. The maximum absolute atomic E-state index is 12.4. The molecule has 3 rings (SSSR count). The van der Waals surface area contributed by atoms with Gasteiger partial charge >= 0.3 is 0 Å². The fraction of sp³-hybridized carbons (Fsp3) is 0.529. The SMILES string of the molecule is CNC(=O)c1cc(Cl)ccc1NC(=O)CC1CC2CCC(C1)N2.Cl. The van der Waals surface area contributed by atoms with Gasteiger partial charge in [-0.05, 0) is 49.8 Å². The fourth-order valence-corrected chi connectivity index (χ4v) is 3.93. The summed E-state index contributed by atoms with van der Waals surface area (Å²) in [4.78, 5) is 24.3. The number of fused-ring (bicyclic) bond motifs is 2. The number of rotatable bonds is 4. The summed E-state index contributed by atoms with van der Waals surface area (Å²) in [6.45, 7) is 0. The van der Waals surface area contributed by atoms with Crippen LogP contribution in [-0.2, 0) is 4.79 Å². The molecule has 1 aromatic rings. The number of amides is 2. The summed E-state index contributed by atoms with van der Waals surface area (Å²) < 4.78 is 0. The Morgan fingerprint density at radius 1 is 1.25 bits per heavy atom. The van der Waals surface area contributed by atoms with E-state index < -0.39 is 0 Å². The third-order valence-electron chi connectivity index (χ3n) is 4.77. The summed E-state index contributed by atoms with van der Waals surface area (Å²) in [5.41, 5.74) is 0.898. The lowest BCUT2D eigenvalue weighted by atomic mass is 9.89. The normalized spacial score (nSPS) is 24.8. The molecule has 5 nitrogen and oxygen atoms in total. The topological polar surface area (TPSA) is 70.2 Å². The van der Waals surface area contributed by atoms with Crippen LogP contribution in [0.4, 0.5) is 5.69 Å². The van der Waals surface area contributed by atoms with E-state index in [4.69, 9.17) is 11.6 Å². The van der Waals surface area contributed by atoms with Crippen molar-refractivity contribution in [3.05, 3.63) is 28.8 Å². The van der Waals surface area contributed by atoms with Gasteiger partial charge in [-0.25, -0.2) is 0 Å². The smallest absolute Gasteiger partial charge is 0.253 e. The minimum atomic E-state index is -0.261. The number of benzene rings is 1. The van der Waals surface area contributed by atoms with Crippen LogP contribution in [0, 0.1) is 5.92 Å². The predicted octanol–water partition coefficient (Wildman–Crippen LogP) is 2.98. The molecule has 3 N–H and O–H groups in total. The molecule has 2 atom stereocenters. The van der Waals surface area contributed by atoms with Gasteiger partial charge in [-0.1, -0.05) is 11.6 Å². The molecular formula is C17H23Cl2N3O2. The summed E-state index contributed by atoms with van der Waals surface area (Å²) in [6.07, 6.45) is 5.08. The van der Waals surface area contributed by atoms with Crippen LogP contribution in [0.1, 0.15) is 42.5 Å². The third kappa shape index (κ3) is 4.41. The van der Waals surface area contributed by atoms with Gasteiger partial charge in [0.2, 0.25) is 5.91 Å². The number of carbonyl (C=O) groups is 2. The largest absolute Gasteiger partial charge is 0.355 e. The summed E-state index contributed by atoms with van der Waals surface area (Å²) in [6, 6.07) is 6.07. The summed E-state index contributed by atoms with van der Waals surface area (Å²) >= 11 is 5.95. The minimum absolute atomic E-state index is 0. The van der Waals surface area contributed by atoms with Crippen molar-refractivity contribution in [2.75, 3.05) is 12.4 Å². The third-order valence-corrected chi connectivity index (χ3v) is 5.01. The Balaban J connectivity index is 0.00000208. The highest BCUT2D eigenvalue weighted by Crippen LogP contribution is 2.33. The van der Waals surface area contributed by atoms with Crippen LogP contribution in [0.15, 0.2) is 18.2 Å². The molecule has 0 aromatic heterocycles. The van der Waals surface area contributed by atoms with E-state index in [1.54, 1.807) is 25.2 Å². The number of nitrogens with one attached hydrogen (secondary N) is 3. The Morgan fingerprint density at radius 2 is 1.92 bits per heavy atom. The molecule has 2 unspecified atom stereocenters. The zero-order valence-electron chi connectivity index (χ0n) is 13.6. The molecule has 24 heavy (non-hydrogen) atoms. The summed E-state index contributed by atoms with van der Waals surface area (Å²) in [5.74, 6) is 0.121. The Morgan fingerprint density at radius 3 is 2.54 bits per heavy atom. The lowest BCUT2D eigenvalue weighted by Gasteiger charge is -2.28. The number of piperidine rings is 1. The average Bonchev–Trinajstić information content (AvgIpc) is 2.87. The highest BCUT2D eigenvalue weighted by Gasteiger charge is 2.34. The second-order valence-electron chi connectivity index (χ2n) is 6.50. The lowest BCUT2D eigenvalue weighted by Crippen LogP contribution is -2.39. The van der Waals surface area contributed by atoms with Crippen molar-refractivity contribution < 1.29 is 9.59 Å². The summed E-state index contributed by atoms with van der Waals surface area (Å²) in [5, 5.41) is 9.49. The molecule has 2 aliphatic heterocycles.